The maximum atomic E-state index is 13.8. The first-order valence-corrected chi connectivity index (χ1v) is 13.8. The molecule has 0 spiro atoms. The Morgan fingerprint density at radius 1 is 1.09 bits per heavy atom. The van der Waals surface area contributed by atoms with Crippen molar-refractivity contribution in [1.29, 1.82) is 0 Å². The number of carbonyl (C=O) groups is 1. The number of carboxylic acids is 1. The normalized spacial score (nSPS) is 12.2. The van der Waals surface area contributed by atoms with Crippen molar-refractivity contribution in [3.63, 3.8) is 0 Å². The van der Waals surface area contributed by atoms with Crippen molar-refractivity contribution in [2.75, 3.05) is 13.1 Å². The number of rotatable bonds is 9. The highest BCUT2D eigenvalue weighted by Gasteiger charge is 2.38. The molecule has 0 amide bonds. The molecule has 0 unspecified atom stereocenters. The molecule has 3 heterocycles. The van der Waals surface area contributed by atoms with Crippen LogP contribution in [0, 0.1) is 5.82 Å². The summed E-state index contributed by atoms with van der Waals surface area (Å²) in [5.74, 6) is -3.07. The van der Waals surface area contributed by atoms with Crippen LogP contribution in [0.2, 0.25) is 0 Å². The number of aliphatic hydroxyl groups is 1. The largest absolute Gasteiger partial charge is 0.506 e. The van der Waals surface area contributed by atoms with Crippen molar-refractivity contribution in [3.8, 4) is 17.0 Å². The molecule has 0 fully saturated rings. The second-order valence-electron chi connectivity index (χ2n) is 9.42. The van der Waals surface area contributed by atoms with E-state index in [4.69, 9.17) is 14.9 Å². The number of hydrogen-bond acceptors (Lipinski definition) is 8. The molecule has 5 aromatic rings. The number of phenolic OH excluding ortho intramolecular Hbond substituents is 1. The molecule has 0 aliphatic carbocycles. The Labute approximate surface area is 245 Å². The number of phenols is 1. The lowest BCUT2D eigenvalue weighted by molar-refractivity contribution is -0.192. The van der Waals surface area contributed by atoms with Gasteiger partial charge in [0.2, 0.25) is 0 Å². The van der Waals surface area contributed by atoms with Gasteiger partial charge in [-0.1, -0.05) is 35.6 Å². The SMILES string of the molecule is O=C(O)C(F)(F)F.O=c1[nH]c2c(O)ccc([C@@H](O)CNCCCCc3cc4cccnc4c(-c4cccc(F)c4)n3)c2s1. The van der Waals surface area contributed by atoms with Crippen molar-refractivity contribution >= 4 is 38.4 Å². The molecule has 1 atom stereocenters. The van der Waals surface area contributed by atoms with Gasteiger partial charge >= 0.3 is 17.0 Å². The van der Waals surface area contributed by atoms with E-state index >= 15 is 0 Å². The Morgan fingerprint density at radius 3 is 2.58 bits per heavy atom. The molecular formula is C29H26F4N4O5S. The molecule has 5 rings (SSSR count). The molecule has 0 radical (unpaired) electrons. The summed E-state index contributed by atoms with van der Waals surface area (Å²) >= 11 is 0.976. The lowest BCUT2D eigenvalue weighted by Gasteiger charge is -2.13. The number of alkyl halides is 3. The van der Waals surface area contributed by atoms with E-state index in [2.05, 4.69) is 15.3 Å². The third-order valence-electron chi connectivity index (χ3n) is 6.30. The van der Waals surface area contributed by atoms with Gasteiger partial charge in [0, 0.05) is 34.9 Å². The Balaban J connectivity index is 0.000000541. The summed E-state index contributed by atoms with van der Waals surface area (Å²) < 4.78 is 46.1. The van der Waals surface area contributed by atoms with Crippen LogP contribution in [0.15, 0.2) is 65.6 Å². The average molecular weight is 619 g/mol. The quantitative estimate of drug-likeness (QED) is 0.110. The lowest BCUT2D eigenvalue weighted by Crippen LogP contribution is -2.22. The van der Waals surface area contributed by atoms with Gasteiger partial charge in [-0.25, -0.2) is 9.18 Å². The third-order valence-corrected chi connectivity index (χ3v) is 7.23. The fourth-order valence-electron chi connectivity index (χ4n) is 4.31. The molecule has 0 saturated carbocycles. The van der Waals surface area contributed by atoms with Crippen LogP contribution in [-0.4, -0.2) is 55.5 Å². The van der Waals surface area contributed by atoms with E-state index in [9.17, 15) is 32.6 Å². The Kier molecular flexibility index (Phi) is 10.1. The number of fused-ring (bicyclic) bond motifs is 2. The number of nitrogens with zero attached hydrogens (tertiary/aromatic N) is 2. The number of H-pyrrole nitrogens is 1. The van der Waals surface area contributed by atoms with Gasteiger partial charge in [0.25, 0.3) is 0 Å². The molecule has 226 valence electrons. The Bertz CT molecular complexity index is 1790. The number of aryl methyl sites for hydroxylation is 1. The van der Waals surface area contributed by atoms with Gasteiger partial charge in [-0.15, -0.1) is 0 Å². The maximum Gasteiger partial charge on any atom is 0.490 e. The summed E-state index contributed by atoms with van der Waals surface area (Å²) in [5.41, 5.74) is 4.01. The maximum absolute atomic E-state index is 13.8. The number of halogens is 4. The van der Waals surface area contributed by atoms with Crippen molar-refractivity contribution in [2.45, 2.75) is 31.5 Å². The van der Waals surface area contributed by atoms with Crippen LogP contribution < -0.4 is 10.2 Å². The summed E-state index contributed by atoms with van der Waals surface area (Å²) in [6.45, 7) is 1.03. The van der Waals surface area contributed by atoms with Crippen LogP contribution in [0.3, 0.4) is 0 Å². The van der Waals surface area contributed by atoms with Gasteiger partial charge in [-0.05, 0) is 56.1 Å². The molecule has 3 aromatic heterocycles. The van der Waals surface area contributed by atoms with Crippen molar-refractivity contribution < 1.29 is 37.7 Å². The monoisotopic (exact) mass is 618 g/mol. The number of nitrogens with one attached hydrogen (secondary N) is 2. The molecule has 9 nitrogen and oxygen atoms in total. The highest BCUT2D eigenvalue weighted by molar-refractivity contribution is 7.16. The van der Waals surface area contributed by atoms with Gasteiger partial charge in [-0.3, -0.25) is 14.8 Å². The number of aromatic nitrogens is 3. The number of aromatic amines is 1. The van der Waals surface area contributed by atoms with Crippen molar-refractivity contribution in [3.05, 3.63) is 87.5 Å². The standard InChI is InChI=1S/C27H25FN4O3S.C2HF3O2/c28-18-7-3-5-16(13-18)24-23-17(6-4-12-30-23)14-19(31-24)8-1-2-11-29-15-22(34)20-9-10-21(33)25-26(20)36-27(35)32-25;3-2(4,5)1(6)7/h3-7,9-10,12-14,22,29,33-34H,1-2,8,11,15H2,(H,32,35);(H,6,7)/t22-;/m0./s1. The predicted octanol–water partition coefficient (Wildman–Crippen LogP) is 5.32. The fraction of sp³-hybridized carbons (Fsp3) is 0.241. The number of benzene rings is 2. The number of aliphatic carboxylic acids is 1. The zero-order valence-corrected chi connectivity index (χ0v) is 23.2. The van der Waals surface area contributed by atoms with Crippen LogP contribution in [0.1, 0.15) is 30.2 Å². The number of carboxylic acid groups (broad SMARTS) is 1. The topological polar surface area (TPSA) is 148 Å². The molecular weight excluding hydrogens is 592 g/mol. The van der Waals surface area contributed by atoms with E-state index in [0.29, 0.717) is 40.1 Å². The summed E-state index contributed by atoms with van der Waals surface area (Å²) in [4.78, 5) is 32.2. The first-order valence-electron chi connectivity index (χ1n) is 13.0. The molecule has 0 bridgehead atoms. The number of unbranched alkanes of at least 4 members (excludes halogenated alkanes) is 1. The highest BCUT2D eigenvalue weighted by Crippen LogP contribution is 2.31. The molecule has 0 aliphatic heterocycles. The van der Waals surface area contributed by atoms with Gasteiger partial charge in [-0.2, -0.15) is 13.2 Å². The number of thiazole rings is 1. The van der Waals surface area contributed by atoms with E-state index in [1.165, 1.54) is 18.2 Å². The van der Waals surface area contributed by atoms with E-state index < -0.39 is 18.2 Å². The Morgan fingerprint density at radius 2 is 1.86 bits per heavy atom. The summed E-state index contributed by atoms with van der Waals surface area (Å²) in [5, 5.41) is 31.9. The van der Waals surface area contributed by atoms with E-state index in [0.717, 1.165) is 47.2 Å². The second-order valence-corrected chi connectivity index (χ2v) is 10.4. The van der Waals surface area contributed by atoms with Gasteiger partial charge < -0.3 is 25.6 Å². The summed E-state index contributed by atoms with van der Waals surface area (Å²) in [6, 6.07) is 15.4. The van der Waals surface area contributed by atoms with E-state index in [-0.39, 0.29) is 16.4 Å². The molecule has 43 heavy (non-hydrogen) atoms. The van der Waals surface area contributed by atoms with E-state index in [1.807, 2.05) is 24.3 Å². The molecule has 0 saturated heterocycles. The fourth-order valence-corrected chi connectivity index (χ4v) is 5.23. The van der Waals surface area contributed by atoms with E-state index in [1.54, 1.807) is 18.3 Å². The van der Waals surface area contributed by atoms with Crippen LogP contribution in [0.4, 0.5) is 17.6 Å². The molecule has 14 heteroatoms. The highest BCUT2D eigenvalue weighted by atomic mass is 32.1. The smallest absolute Gasteiger partial charge is 0.490 e. The number of aliphatic hydroxyl groups excluding tert-OH is 1. The van der Waals surface area contributed by atoms with Gasteiger partial charge in [0.15, 0.2) is 0 Å². The minimum Gasteiger partial charge on any atom is -0.506 e. The van der Waals surface area contributed by atoms with Crippen molar-refractivity contribution in [2.24, 2.45) is 0 Å². The minimum atomic E-state index is -5.08. The summed E-state index contributed by atoms with van der Waals surface area (Å²) in [7, 11) is 0. The molecule has 2 aromatic carbocycles. The first kappa shape index (κ1) is 31.5. The number of pyridine rings is 2. The lowest BCUT2D eigenvalue weighted by atomic mass is 10.0. The van der Waals surface area contributed by atoms with Crippen LogP contribution >= 0.6 is 11.3 Å². The summed E-state index contributed by atoms with van der Waals surface area (Å²) in [6.07, 6.45) is -1.66. The van der Waals surface area contributed by atoms with Crippen LogP contribution in [-0.2, 0) is 11.2 Å². The zero-order valence-electron chi connectivity index (χ0n) is 22.4. The second kappa shape index (κ2) is 13.7. The van der Waals surface area contributed by atoms with Crippen LogP contribution in [0.25, 0.3) is 32.4 Å². The minimum absolute atomic E-state index is 0.00843. The van der Waals surface area contributed by atoms with Gasteiger partial charge in [0.1, 0.15) is 17.1 Å². The Hall–Kier alpha value is -4.40. The predicted molar refractivity (Wildman–Crippen MR) is 154 cm³/mol. The molecule has 5 N–H and O–H groups in total. The number of aromatic hydroxyl groups is 1. The third kappa shape index (κ3) is 8.12. The van der Waals surface area contributed by atoms with Crippen molar-refractivity contribution in [1.82, 2.24) is 20.3 Å². The van der Waals surface area contributed by atoms with Gasteiger partial charge in [0.05, 0.1) is 22.0 Å². The average Bonchev–Trinajstić information content (AvgIpc) is 3.36. The number of hydrogen-bond donors (Lipinski definition) is 5. The molecule has 0 aliphatic rings. The van der Waals surface area contributed by atoms with Crippen LogP contribution in [0.5, 0.6) is 5.75 Å². The first-order chi connectivity index (χ1) is 20.4. The zero-order chi connectivity index (χ0) is 31.1.